The molecular formula is C13H23N3S. The zero-order valence-electron chi connectivity index (χ0n) is 10.7. The summed E-state index contributed by atoms with van der Waals surface area (Å²) in [4.78, 5) is 7.21. The third kappa shape index (κ3) is 2.97. The molecule has 2 aliphatic heterocycles. The molecule has 3 nitrogen and oxygen atoms in total. The fraction of sp³-hybridized carbons (Fsp3) is 0.923. The van der Waals surface area contributed by atoms with Gasteiger partial charge in [-0.05, 0) is 44.7 Å². The van der Waals surface area contributed by atoms with Crippen molar-refractivity contribution in [3.05, 3.63) is 0 Å². The first-order valence-electron chi connectivity index (χ1n) is 7.05. The summed E-state index contributed by atoms with van der Waals surface area (Å²) in [6, 6.07) is 0.632. The van der Waals surface area contributed by atoms with Gasteiger partial charge in [-0.2, -0.15) is 0 Å². The standard InChI is InChI=1S/C13H23N3S/c1-2-16-7-3-4-11(9-16)15-13-14-8-12(17-13)10-5-6-10/h10-12H,2-9H2,1H3,(H,14,15). The maximum atomic E-state index is 4.67. The van der Waals surface area contributed by atoms with E-state index in [1.165, 1.54) is 50.5 Å². The molecule has 3 aliphatic rings. The van der Waals surface area contributed by atoms with E-state index in [9.17, 15) is 0 Å². The zero-order chi connectivity index (χ0) is 11.7. The van der Waals surface area contributed by atoms with Crippen LogP contribution < -0.4 is 5.32 Å². The average molecular weight is 253 g/mol. The quantitative estimate of drug-likeness (QED) is 0.833. The van der Waals surface area contributed by atoms with Gasteiger partial charge in [0.1, 0.15) is 0 Å². The molecule has 0 bridgehead atoms. The molecule has 0 spiro atoms. The average Bonchev–Trinajstić information content (AvgIpc) is 3.11. The van der Waals surface area contributed by atoms with E-state index in [1.807, 2.05) is 11.8 Å². The minimum atomic E-state index is 0.632. The minimum absolute atomic E-state index is 0.632. The van der Waals surface area contributed by atoms with Crippen molar-refractivity contribution in [1.29, 1.82) is 0 Å². The van der Waals surface area contributed by atoms with Crippen molar-refractivity contribution < 1.29 is 0 Å². The van der Waals surface area contributed by atoms with Crippen molar-refractivity contribution in [1.82, 2.24) is 10.2 Å². The number of nitrogens with one attached hydrogen (secondary N) is 1. The SMILES string of the molecule is CCN1CCCC(NC2=NCC(C3CC3)S2)C1. The number of amidine groups is 1. The Bertz CT molecular complexity index is 301. The Kier molecular flexibility index (Phi) is 3.61. The fourth-order valence-corrected chi connectivity index (χ4v) is 4.10. The van der Waals surface area contributed by atoms with E-state index >= 15 is 0 Å². The summed E-state index contributed by atoms with van der Waals surface area (Å²) >= 11 is 2.00. The molecular weight excluding hydrogens is 230 g/mol. The molecule has 4 heteroatoms. The minimum Gasteiger partial charge on any atom is -0.361 e. The number of likely N-dealkylation sites (tertiary alicyclic amines) is 1. The van der Waals surface area contributed by atoms with Crippen LogP contribution in [-0.2, 0) is 0 Å². The van der Waals surface area contributed by atoms with Crippen LogP contribution in [-0.4, -0.2) is 47.5 Å². The lowest BCUT2D eigenvalue weighted by molar-refractivity contribution is 0.210. The van der Waals surface area contributed by atoms with Gasteiger partial charge in [-0.25, -0.2) is 0 Å². The summed E-state index contributed by atoms with van der Waals surface area (Å²) in [7, 11) is 0. The number of aliphatic imine (C=N–C) groups is 1. The van der Waals surface area contributed by atoms with Gasteiger partial charge in [0.2, 0.25) is 0 Å². The molecule has 1 N–H and O–H groups in total. The van der Waals surface area contributed by atoms with Crippen LogP contribution >= 0.6 is 11.8 Å². The fourth-order valence-electron chi connectivity index (χ4n) is 2.82. The van der Waals surface area contributed by atoms with Gasteiger partial charge >= 0.3 is 0 Å². The highest BCUT2D eigenvalue weighted by Crippen LogP contribution is 2.41. The summed E-state index contributed by atoms with van der Waals surface area (Å²) in [5.74, 6) is 0.974. The third-order valence-corrected chi connectivity index (χ3v) is 5.41. The number of hydrogen-bond donors (Lipinski definition) is 1. The molecule has 96 valence electrons. The van der Waals surface area contributed by atoms with Crippen molar-refractivity contribution in [2.24, 2.45) is 10.9 Å². The Balaban J connectivity index is 1.46. The molecule has 0 amide bonds. The van der Waals surface area contributed by atoms with E-state index in [4.69, 9.17) is 0 Å². The second kappa shape index (κ2) is 5.19. The molecule has 1 aliphatic carbocycles. The molecule has 0 aromatic rings. The molecule has 2 atom stereocenters. The molecule has 1 saturated carbocycles. The number of thioether (sulfide) groups is 1. The number of likely N-dealkylation sites (N-methyl/N-ethyl adjacent to an activating group) is 1. The van der Waals surface area contributed by atoms with Crippen LogP contribution in [0.5, 0.6) is 0 Å². The highest BCUT2D eigenvalue weighted by atomic mass is 32.2. The first kappa shape index (κ1) is 11.8. The highest BCUT2D eigenvalue weighted by molar-refractivity contribution is 8.14. The van der Waals surface area contributed by atoms with Gasteiger partial charge in [0.15, 0.2) is 5.17 Å². The van der Waals surface area contributed by atoms with Crippen LogP contribution in [0.25, 0.3) is 0 Å². The maximum Gasteiger partial charge on any atom is 0.157 e. The molecule has 0 aromatic carbocycles. The van der Waals surface area contributed by atoms with Gasteiger partial charge in [-0.3, -0.25) is 4.99 Å². The smallest absolute Gasteiger partial charge is 0.157 e. The van der Waals surface area contributed by atoms with Crippen molar-refractivity contribution in [3.8, 4) is 0 Å². The number of piperidine rings is 1. The summed E-state index contributed by atoms with van der Waals surface area (Å²) in [6.45, 7) is 6.97. The molecule has 2 fully saturated rings. The van der Waals surface area contributed by atoms with Gasteiger partial charge in [0, 0.05) is 17.8 Å². The maximum absolute atomic E-state index is 4.67. The molecule has 1 saturated heterocycles. The first-order valence-corrected chi connectivity index (χ1v) is 7.93. The number of rotatable bonds is 3. The monoisotopic (exact) mass is 253 g/mol. The van der Waals surface area contributed by atoms with Crippen LogP contribution in [0, 0.1) is 5.92 Å². The van der Waals surface area contributed by atoms with Gasteiger partial charge in [-0.1, -0.05) is 18.7 Å². The van der Waals surface area contributed by atoms with Gasteiger partial charge in [0.05, 0.1) is 6.54 Å². The Morgan fingerprint density at radius 1 is 1.41 bits per heavy atom. The van der Waals surface area contributed by atoms with Crippen molar-refractivity contribution >= 4 is 16.9 Å². The molecule has 3 rings (SSSR count). The van der Waals surface area contributed by atoms with Crippen LogP contribution in [0.15, 0.2) is 4.99 Å². The first-order chi connectivity index (χ1) is 8.35. The van der Waals surface area contributed by atoms with Crippen LogP contribution in [0.2, 0.25) is 0 Å². The van der Waals surface area contributed by atoms with E-state index in [-0.39, 0.29) is 0 Å². The second-order valence-electron chi connectivity index (χ2n) is 5.52. The highest BCUT2D eigenvalue weighted by Gasteiger charge is 2.35. The number of hydrogen-bond acceptors (Lipinski definition) is 4. The van der Waals surface area contributed by atoms with Crippen LogP contribution in [0.1, 0.15) is 32.6 Å². The topological polar surface area (TPSA) is 27.6 Å². The Morgan fingerprint density at radius 3 is 3.06 bits per heavy atom. The van der Waals surface area contributed by atoms with Crippen molar-refractivity contribution in [2.75, 3.05) is 26.2 Å². The second-order valence-corrected chi connectivity index (χ2v) is 6.74. The molecule has 2 heterocycles. The lowest BCUT2D eigenvalue weighted by Gasteiger charge is -2.32. The summed E-state index contributed by atoms with van der Waals surface area (Å²) in [5, 5.41) is 5.69. The van der Waals surface area contributed by atoms with Gasteiger partial charge < -0.3 is 10.2 Å². The van der Waals surface area contributed by atoms with Gasteiger partial charge in [0.25, 0.3) is 0 Å². The normalized spacial score (nSPS) is 34.8. The van der Waals surface area contributed by atoms with Crippen LogP contribution in [0.4, 0.5) is 0 Å². The lowest BCUT2D eigenvalue weighted by atomic mass is 10.1. The molecule has 0 radical (unpaired) electrons. The van der Waals surface area contributed by atoms with E-state index in [1.54, 1.807) is 0 Å². The predicted molar refractivity (Wildman–Crippen MR) is 74.7 cm³/mol. The van der Waals surface area contributed by atoms with E-state index in [2.05, 4.69) is 22.1 Å². The van der Waals surface area contributed by atoms with Crippen LogP contribution in [0.3, 0.4) is 0 Å². The third-order valence-electron chi connectivity index (χ3n) is 4.11. The number of nitrogens with zero attached hydrogens (tertiary/aromatic N) is 2. The Labute approximate surface area is 108 Å². The van der Waals surface area contributed by atoms with E-state index in [0.717, 1.165) is 17.7 Å². The molecule has 2 unspecified atom stereocenters. The summed E-state index contributed by atoms with van der Waals surface area (Å²) in [6.07, 6.45) is 5.51. The Hall–Kier alpha value is -0.220. The van der Waals surface area contributed by atoms with E-state index < -0.39 is 0 Å². The summed E-state index contributed by atoms with van der Waals surface area (Å²) < 4.78 is 0. The van der Waals surface area contributed by atoms with Crippen molar-refractivity contribution in [2.45, 2.75) is 43.9 Å². The molecule has 0 aromatic heterocycles. The Morgan fingerprint density at radius 2 is 2.29 bits per heavy atom. The molecule has 17 heavy (non-hydrogen) atoms. The lowest BCUT2D eigenvalue weighted by Crippen LogP contribution is -2.46. The zero-order valence-corrected chi connectivity index (χ0v) is 11.5. The summed E-state index contributed by atoms with van der Waals surface area (Å²) in [5.41, 5.74) is 0. The van der Waals surface area contributed by atoms with E-state index in [0.29, 0.717) is 6.04 Å². The van der Waals surface area contributed by atoms with Crippen molar-refractivity contribution in [3.63, 3.8) is 0 Å². The largest absolute Gasteiger partial charge is 0.361 e. The van der Waals surface area contributed by atoms with Gasteiger partial charge in [-0.15, -0.1) is 0 Å². The predicted octanol–water partition coefficient (Wildman–Crippen LogP) is 1.94.